The van der Waals surface area contributed by atoms with Gasteiger partial charge in [0.15, 0.2) is 5.41 Å². The van der Waals surface area contributed by atoms with Gasteiger partial charge in [0.1, 0.15) is 0 Å². The SMILES string of the molecule is COC(=O)C1CC=CC(c2ccccc2)C1(C(=O)OC)C(=O)OC. The lowest BCUT2D eigenvalue weighted by Crippen LogP contribution is -2.54. The van der Waals surface area contributed by atoms with E-state index >= 15 is 0 Å². The largest absolute Gasteiger partial charge is 0.469 e. The molecule has 2 rings (SSSR count). The summed E-state index contributed by atoms with van der Waals surface area (Å²) in [6.07, 6.45) is 3.69. The van der Waals surface area contributed by atoms with Crippen LogP contribution in [0.4, 0.5) is 0 Å². The first-order chi connectivity index (χ1) is 11.5. The maximum atomic E-state index is 12.7. The molecule has 1 aliphatic rings. The van der Waals surface area contributed by atoms with Gasteiger partial charge >= 0.3 is 17.9 Å². The van der Waals surface area contributed by atoms with E-state index in [1.54, 1.807) is 36.4 Å². The zero-order valence-electron chi connectivity index (χ0n) is 13.9. The first kappa shape index (κ1) is 17.7. The molecule has 0 heterocycles. The van der Waals surface area contributed by atoms with Crippen molar-refractivity contribution in [3.05, 3.63) is 48.0 Å². The molecule has 1 aromatic carbocycles. The van der Waals surface area contributed by atoms with Gasteiger partial charge in [-0.05, 0) is 12.0 Å². The standard InChI is InChI=1S/C18H20O6/c1-22-15(19)14-11-7-10-13(12-8-5-4-6-9-12)18(14,16(20)23-2)17(21)24-3/h4-10,13-14H,11H2,1-3H3. The van der Waals surface area contributed by atoms with Crippen LogP contribution in [0.25, 0.3) is 0 Å². The summed E-state index contributed by atoms with van der Waals surface area (Å²) in [6, 6.07) is 8.99. The van der Waals surface area contributed by atoms with Crippen LogP contribution < -0.4 is 0 Å². The molecule has 0 bridgehead atoms. The molecule has 0 amide bonds. The zero-order chi connectivity index (χ0) is 17.7. The highest BCUT2D eigenvalue weighted by atomic mass is 16.5. The van der Waals surface area contributed by atoms with Crippen LogP contribution in [-0.4, -0.2) is 39.2 Å². The lowest BCUT2D eigenvalue weighted by Gasteiger charge is -2.41. The highest BCUT2D eigenvalue weighted by Crippen LogP contribution is 2.50. The number of allylic oxidation sites excluding steroid dienone is 2. The van der Waals surface area contributed by atoms with Crippen molar-refractivity contribution in [2.24, 2.45) is 11.3 Å². The van der Waals surface area contributed by atoms with E-state index in [2.05, 4.69) is 0 Å². The molecule has 2 atom stereocenters. The van der Waals surface area contributed by atoms with Crippen LogP contribution in [0.5, 0.6) is 0 Å². The summed E-state index contributed by atoms with van der Waals surface area (Å²) in [6.45, 7) is 0. The average Bonchev–Trinajstić information content (AvgIpc) is 2.65. The maximum Gasteiger partial charge on any atom is 0.325 e. The molecule has 1 aromatic rings. The second-order valence-corrected chi connectivity index (χ2v) is 5.48. The Morgan fingerprint density at radius 3 is 2.04 bits per heavy atom. The highest BCUT2D eigenvalue weighted by Gasteiger charge is 2.63. The van der Waals surface area contributed by atoms with E-state index in [4.69, 9.17) is 14.2 Å². The van der Waals surface area contributed by atoms with Gasteiger partial charge in [-0.25, -0.2) is 0 Å². The van der Waals surface area contributed by atoms with Crippen molar-refractivity contribution in [1.29, 1.82) is 0 Å². The molecule has 0 spiro atoms. The quantitative estimate of drug-likeness (QED) is 0.362. The lowest BCUT2D eigenvalue weighted by atomic mass is 9.60. The van der Waals surface area contributed by atoms with Gasteiger partial charge in [-0.15, -0.1) is 0 Å². The predicted octanol–water partition coefficient (Wildman–Crippen LogP) is 1.85. The Morgan fingerprint density at radius 1 is 0.958 bits per heavy atom. The summed E-state index contributed by atoms with van der Waals surface area (Å²) in [5.41, 5.74) is -1.12. The van der Waals surface area contributed by atoms with Gasteiger partial charge in [-0.2, -0.15) is 0 Å². The van der Waals surface area contributed by atoms with E-state index in [9.17, 15) is 14.4 Å². The minimum Gasteiger partial charge on any atom is -0.469 e. The van der Waals surface area contributed by atoms with E-state index < -0.39 is 35.2 Å². The molecule has 0 N–H and O–H groups in total. The van der Waals surface area contributed by atoms with Gasteiger partial charge in [0, 0.05) is 5.92 Å². The number of esters is 3. The van der Waals surface area contributed by atoms with E-state index in [1.165, 1.54) is 21.3 Å². The summed E-state index contributed by atoms with van der Waals surface area (Å²) in [5.74, 6) is -4.02. The van der Waals surface area contributed by atoms with Crippen LogP contribution in [-0.2, 0) is 28.6 Å². The molecule has 0 radical (unpaired) electrons. The summed E-state index contributed by atoms with van der Waals surface area (Å²) >= 11 is 0. The molecular formula is C18H20O6. The number of benzene rings is 1. The summed E-state index contributed by atoms with van der Waals surface area (Å²) < 4.78 is 14.7. The first-order valence-corrected chi connectivity index (χ1v) is 7.50. The van der Waals surface area contributed by atoms with E-state index in [-0.39, 0.29) is 6.42 Å². The van der Waals surface area contributed by atoms with Gasteiger partial charge in [-0.1, -0.05) is 42.5 Å². The lowest BCUT2D eigenvalue weighted by molar-refractivity contribution is -0.182. The molecular weight excluding hydrogens is 312 g/mol. The Labute approximate surface area is 140 Å². The first-order valence-electron chi connectivity index (χ1n) is 7.50. The number of methoxy groups -OCH3 is 3. The van der Waals surface area contributed by atoms with Gasteiger partial charge < -0.3 is 14.2 Å². The molecule has 0 aromatic heterocycles. The third-order valence-corrected chi connectivity index (χ3v) is 4.43. The third-order valence-electron chi connectivity index (χ3n) is 4.43. The van der Waals surface area contributed by atoms with Crippen LogP contribution in [0, 0.1) is 11.3 Å². The molecule has 6 nitrogen and oxygen atoms in total. The molecule has 2 unspecified atom stereocenters. The van der Waals surface area contributed by atoms with E-state index in [0.717, 1.165) is 0 Å². The number of ether oxygens (including phenoxy) is 3. The smallest absolute Gasteiger partial charge is 0.325 e. The molecule has 0 saturated heterocycles. The summed E-state index contributed by atoms with van der Waals surface area (Å²) in [4.78, 5) is 37.8. The molecule has 0 aliphatic heterocycles. The fraction of sp³-hybridized carbons (Fsp3) is 0.389. The fourth-order valence-corrected chi connectivity index (χ4v) is 3.32. The van der Waals surface area contributed by atoms with Gasteiger partial charge in [0.25, 0.3) is 0 Å². The van der Waals surface area contributed by atoms with Crippen LogP contribution in [0.3, 0.4) is 0 Å². The minimum atomic E-state index is -1.83. The molecule has 128 valence electrons. The molecule has 1 aliphatic carbocycles. The van der Waals surface area contributed by atoms with E-state index in [1.807, 2.05) is 6.07 Å². The highest BCUT2D eigenvalue weighted by molar-refractivity contribution is 6.05. The predicted molar refractivity (Wildman–Crippen MR) is 84.9 cm³/mol. The van der Waals surface area contributed by atoms with Crippen molar-refractivity contribution in [1.82, 2.24) is 0 Å². The Kier molecular flexibility index (Phi) is 5.39. The van der Waals surface area contributed by atoms with Crippen molar-refractivity contribution in [3.63, 3.8) is 0 Å². The van der Waals surface area contributed by atoms with Gasteiger partial charge in [0.2, 0.25) is 0 Å². The Hall–Kier alpha value is -2.63. The van der Waals surface area contributed by atoms with Crippen LogP contribution in [0.1, 0.15) is 17.9 Å². The van der Waals surface area contributed by atoms with Crippen LogP contribution in [0.15, 0.2) is 42.5 Å². The summed E-state index contributed by atoms with van der Waals surface area (Å²) in [7, 11) is 3.58. The van der Waals surface area contributed by atoms with Crippen molar-refractivity contribution in [2.75, 3.05) is 21.3 Å². The van der Waals surface area contributed by atoms with Gasteiger partial charge in [-0.3, -0.25) is 14.4 Å². The minimum absolute atomic E-state index is 0.181. The van der Waals surface area contributed by atoms with Crippen LogP contribution >= 0.6 is 0 Å². The third kappa shape index (κ3) is 2.68. The molecule has 0 saturated carbocycles. The average molecular weight is 332 g/mol. The van der Waals surface area contributed by atoms with Gasteiger partial charge in [0.05, 0.1) is 27.2 Å². The Balaban J connectivity index is 2.73. The number of carbonyl (C=O) groups is 3. The molecule has 6 heteroatoms. The second kappa shape index (κ2) is 7.29. The number of rotatable bonds is 4. The Bertz CT molecular complexity index is 633. The van der Waals surface area contributed by atoms with Crippen molar-refractivity contribution >= 4 is 17.9 Å². The normalized spacial score (nSPS) is 21.6. The molecule has 0 fully saturated rings. The number of carbonyl (C=O) groups excluding carboxylic acids is 3. The topological polar surface area (TPSA) is 78.9 Å². The monoisotopic (exact) mass is 332 g/mol. The maximum absolute atomic E-state index is 12.7. The zero-order valence-corrected chi connectivity index (χ0v) is 13.9. The van der Waals surface area contributed by atoms with Crippen molar-refractivity contribution in [2.45, 2.75) is 12.3 Å². The Morgan fingerprint density at radius 2 is 1.54 bits per heavy atom. The number of hydrogen-bond acceptors (Lipinski definition) is 6. The fourth-order valence-electron chi connectivity index (χ4n) is 3.32. The molecule has 24 heavy (non-hydrogen) atoms. The van der Waals surface area contributed by atoms with Crippen molar-refractivity contribution in [3.8, 4) is 0 Å². The second-order valence-electron chi connectivity index (χ2n) is 5.48. The summed E-state index contributed by atoms with van der Waals surface area (Å²) in [5, 5.41) is 0. The van der Waals surface area contributed by atoms with E-state index in [0.29, 0.717) is 5.56 Å². The van der Waals surface area contributed by atoms with Crippen LogP contribution in [0.2, 0.25) is 0 Å². The van der Waals surface area contributed by atoms with Crippen molar-refractivity contribution < 1.29 is 28.6 Å². The number of hydrogen-bond donors (Lipinski definition) is 0.